The third kappa shape index (κ3) is 4.27. The van der Waals surface area contributed by atoms with Gasteiger partial charge in [-0.25, -0.2) is 4.98 Å². The van der Waals surface area contributed by atoms with E-state index >= 15 is 0 Å². The minimum absolute atomic E-state index is 0.630. The summed E-state index contributed by atoms with van der Waals surface area (Å²) >= 11 is 0. The predicted molar refractivity (Wildman–Crippen MR) is 79.5 cm³/mol. The minimum atomic E-state index is 0.630. The molecule has 3 heteroatoms. The molecule has 1 N–H and O–H groups in total. The Morgan fingerprint density at radius 3 is 3.00 bits per heavy atom. The Balaban J connectivity index is 1.86. The van der Waals surface area contributed by atoms with Gasteiger partial charge in [0.1, 0.15) is 11.6 Å². The van der Waals surface area contributed by atoms with Gasteiger partial charge in [0.05, 0.1) is 6.61 Å². The quantitative estimate of drug-likeness (QED) is 0.788. The fourth-order valence-corrected chi connectivity index (χ4v) is 2.29. The van der Waals surface area contributed by atoms with E-state index in [9.17, 15) is 0 Å². The third-order valence-corrected chi connectivity index (χ3v) is 3.67. The van der Waals surface area contributed by atoms with E-state index in [4.69, 9.17) is 4.74 Å². The van der Waals surface area contributed by atoms with Crippen molar-refractivity contribution in [3.05, 3.63) is 30.5 Å². The van der Waals surface area contributed by atoms with E-state index in [2.05, 4.69) is 36.3 Å². The van der Waals surface area contributed by atoms with Gasteiger partial charge in [0.25, 0.3) is 0 Å². The normalized spacial score (nSPS) is 22.2. The van der Waals surface area contributed by atoms with Crippen LogP contribution in [0.2, 0.25) is 0 Å². The first-order chi connectivity index (χ1) is 9.29. The molecule has 2 unspecified atom stereocenters. The molecule has 0 bridgehead atoms. The molecule has 1 aliphatic rings. The first-order valence-corrected chi connectivity index (χ1v) is 7.27. The topological polar surface area (TPSA) is 34.1 Å². The van der Waals surface area contributed by atoms with E-state index < -0.39 is 0 Å². The molecule has 3 nitrogen and oxygen atoms in total. The SMILES string of the molecule is CCCNc1cc(OCC2CC=CCC2C)ccn1. The molecule has 104 valence electrons. The zero-order valence-electron chi connectivity index (χ0n) is 11.9. The summed E-state index contributed by atoms with van der Waals surface area (Å²) in [5.41, 5.74) is 0. The molecule has 0 radical (unpaired) electrons. The van der Waals surface area contributed by atoms with Crippen LogP contribution in [0, 0.1) is 11.8 Å². The molecule has 1 heterocycles. The van der Waals surface area contributed by atoms with Crippen molar-refractivity contribution in [3.8, 4) is 5.75 Å². The highest BCUT2D eigenvalue weighted by Crippen LogP contribution is 2.26. The molecule has 0 spiro atoms. The Morgan fingerprint density at radius 1 is 1.37 bits per heavy atom. The molecule has 0 aliphatic heterocycles. The van der Waals surface area contributed by atoms with Crippen molar-refractivity contribution in [3.63, 3.8) is 0 Å². The van der Waals surface area contributed by atoms with Crippen LogP contribution >= 0.6 is 0 Å². The number of nitrogens with one attached hydrogen (secondary N) is 1. The van der Waals surface area contributed by atoms with Gasteiger partial charge in [0.2, 0.25) is 0 Å². The van der Waals surface area contributed by atoms with E-state index in [1.807, 2.05) is 12.1 Å². The first-order valence-electron chi connectivity index (χ1n) is 7.27. The highest BCUT2D eigenvalue weighted by molar-refractivity contribution is 5.40. The number of aromatic nitrogens is 1. The maximum Gasteiger partial charge on any atom is 0.129 e. The van der Waals surface area contributed by atoms with Gasteiger partial charge in [-0.1, -0.05) is 26.0 Å². The molecule has 0 fully saturated rings. The van der Waals surface area contributed by atoms with Crippen molar-refractivity contribution in [1.82, 2.24) is 4.98 Å². The summed E-state index contributed by atoms with van der Waals surface area (Å²) in [6.45, 7) is 6.19. The lowest BCUT2D eigenvalue weighted by Crippen LogP contribution is -2.21. The van der Waals surface area contributed by atoms with Crippen molar-refractivity contribution in [2.45, 2.75) is 33.1 Å². The maximum absolute atomic E-state index is 5.92. The standard InChI is InChI=1S/C16H24N2O/c1-3-9-17-16-11-15(8-10-18-16)19-12-14-7-5-4-6-13(14)2/h4-5,8,10-11,13-14H,3,6-7,9,12H2,1-2H3,(H,17,18). The van der Waals surface area contributed by atoms with Crippen LogP contribution in [0.3, 0.4) is 0 Å². The number of anilines is 1. The van der Waals surface area contributed by atoms with Gasteiger partial charge in [-0.3, -0.25) is 0 Å². The predicted octanol–water partition coefficient (Wildman–Crippen LogP) is 3.88. The summed E-state index contributed by atoms with van der Waals surface area (Å²) in [7, 11) is 0. The number of nitrogens with zero attached hydrogens (tertiary/aromatic N) is 1. The Morgan fingerprint density at radius 2 is 2.21 bits per heavy atom. The number of ether oxygens (including phenoxy) is 1. The third-order valence-electron chi connectivity index (χ3n) is 3.67. The van der Waals surface area contributed by atoms with Crippen LogP contribution in [0.5, 0.6) is 5.75 Å². The van der Waals surface area contributed by atoms with Crippen LogP contribution in [-0.2, 0) is 0 Å². The van der Waals surface area contributed by atoms with E-state index in [1.165, 1.54) is 6.42 Å². The fourth-order valence-electron chi connectivity index (χ4n) is 2.29. The summed E-state index contributed by atoms with van der Waals surface area (Å²) in [4.78, 5) is 4.28. The molecule has 0 saturated heterocycles. The summed E-state index contributed by atoms with van der Waals surface area (Å²) in [5, 5.41) is 3.28. The summed E-state index contributed by atoms with van der Waals surface area (Å²) in [5.74, 6) is 3.15. The molecule has 1 aromatic rings. The van der Waals surface area contributed by atoms with E-state index in [0.717, 1.165) is 37.6 Å². The van der Waals surface area contributed by atoms with Gasteiger partial charge in [-0.15, -0.1) is 0 Å². The maximum atomic E-state index is 5.92. The van der Waals surface area contributed by atoms with Gasteiger partial charge >= 0.3 is 0 Å². The van der Waals surface area contributed by atoms with Gasteiger partial charge in [-0.2, -0.15) is 0 Å². The smallest absolute Gasteiger partial charge is 0.129 e. The second kappa shape index (κ2) is 7.17. The number of hydrogen-bond donors (Lipinski definition) is 1. The number of rotatable bonds is 6. The Kier molecular flexibility index (Phi) is 5.25. The average Bonchev–Trinajstić information content (AvgIpc) is 2.45. The van der Waals surface area contributed by atoms with Crippen LogP contribution in [0.15, 0.2) is 30.5 Å². The molecule has 0 saturated carbocycles. The van der Waals surface area contributed by atoms with Crippen LogP contribution in [0.1, 0.15) is 33.1 Å². The summed E-state index contributed by atoms with van der Waals surface area (Å²) < 4.78 is 5.92. The summed E-state index contributed by atoms with van der Waals surface area (Å²) in [6.07, 6.45) is 9.76. The zero-order chi connectivity index (χ0) is 13.5. The monoisotopic (exact) mass is 260 g/mol. The van der Waals surface area contributed by atoms with Crippen molar-refractivity contribution < 1.29 is 4.74 Å². The Bertz CT molecular complexity index is 417. The molecule has 0 aromatic carbocycles. The second-order valence-corrected chi connectivity index (χ2v) is 5.29. The second-order valence-electron chi connectivity index (χ2n) is 5.29. The van der Waals surface area contributed by atoms with Crippen molar-refractivity contribution in [2.75, 3.05) is 18.5 Å². The molecular weight excluding hydrogens is 236 g/mol. The zero-order valence-corrected chi connectivity index (χ0v) is 11.9. The van der Waals surface area contributed by atoms with E-state index in [1.54, 1.807) is 6.20 Å². The lowest BCUT2D eigenvalue weighted by atomic mass is 9.85. The van der Waals surface area contributed by atoms with Crippen molar-refractivity contribution in [2.24, 2.45) is 11.8 Å². The largest absolute Gasteiger partial charge is 0.493 e. The molecule has 19 heavy (non-hydrogen) atoms. The van der Waals surface area contributed by atoms with Gasteiger partial charge in [0.15, 0.2) is 0 Å². The fraction of sp³-hybridized carbons (Fsp3) is 0.562. The Labute approximate surface area is 116 Å². The molecule has 1 aromatic heterocycles. The Hall–Kier alpha value is -1.51. The minimum Gasteiger partial charge on any atom is -0.493 e. The molecular formula is C16H24N2O. The van der Waals surface area contributed by atoms with Crippen LogP contribution in [0.25, 0.3) is 0 Å². The number of pyridine rings is 1. The average molecular weight is 260 g/mol. The number of allylic oxidation sites excluding steroid dienone is 2. The lowest BCUT2D eigenvalue weighted by molar-refractivity contribution is 0.198. The molecule has 0 amide bonds. The van der Waals surface area contributed by atoms with Gasteiger partial charge in [-0.05, 0) is 37.2 Å². The number of hydrogen-bond acceptors (Lipinski definition) is 3. The van der Waals surface area contributed by atoms with Crippen molar-refractivity contribution in [1.29, 1.82) is 0 Å². The highest BCUT2D eigenvalue weighted by Gasteiger charge is 2.18. The van der Waals surface area contributed by atoms with Crippen molar-refractivity contribution >= 4 is 5.82 Å². The molecule has 1 aliphatic carbocycles. The summed E-state index contributed by atoms with van der Waals surface area (Å²) in [6, 6.07) is 3.92. The van der Waals surface area contributed by atoms with Gasteiger partial charge < -0.3 is 10.1 Å². The first kappa shape index (κ1) is 13.9. The van der Waals surface area contributed by atoms with E-state index in [-0.39, 0.29) is 0 Å². The molecule has 2 rings (SSSR count). The highest BCUT2D eigenvalue weighted by atomic mass is 16.5. The van der Waals surface area contributed by atoms with Crippen LogP contribution in [-0.4, -0.2) is 18.1 Å². The van der Waals surface area contributed by atoms with E-state index in [0.29, 0.717) is 11.8 Å². The lowest BCUT2D eigenvalue weighted by Gasteiger charge is -2.25. The van der Waals surface area contributed by atoms with Gasteiger partial charge in [0, 0.05) is 18.8 Å². The molecule has 2 atom stereocenters. The van der Waals surface area contributed by atoms with Crippen LogP contribution < -0.4 is 10.1 Å². The van der Waals surface area contributed by atoms with Crippen LogP contribution in [0.4, 0.5) is 5.82 Å².